The summed E-state index contributed by atoms with van der Waals surface area (Å²) in [5.74, 6) is -0.307. The first-order valence-corrected chi connectivity index (χ1v) is 5.02. The number of carbonyl (C=O) groups is 1. The smallest absolute Gasteiger partial charge is 0.321 e. The van der Waals surface area contributed by atoms with Crippen LogP contribution in [-0.4, -0.2) is 36.1 Å². The van der Waals surface area contributed by atoms with Crippen molar-refractivity contribution in [2.45, 2.75) is 38.1 Å². The fraction of sp³-hybridized carbons (Fsp3) is 0.900. The summed E-state index contributed by atoms with van der Waals surface area (Å²) >= 11 is 0. The van der Waals surface area contributed by atoms with Crippen molar-refractivity contribution in [3.05, 3.63) is 0 Å². The molecule has 76 valence electrons. The normalized spacial score (nSPS) is 21.8. The minimum Gasteiger partial charge on any atom is -0.480 e. The lowest BCUT2D eigenvalue weighted by atomic mass is 9.83. The number of carboxylic acid groups (broad SMARTS) is 1. The Morgan fingerprint density at radius 2 is 1.85 bits per heavy atom. The predicted molar refractivity (Wildman–Crippen MR) is 51.7 cm³/mol. The fourth-order valence-electron chi connectivity index (χ4n) is 2.29. The van der Waals surface area contributed by atoms with Crippen molar-refractivity contribution in [1.82, 2.24) is 4.90 Å². The summed E-state index contributed by atoms with van der Waals surface area (Å²) < 4.78 is 0. The van der Waals surface area contributed by atoms with Crippen molar-refractivity contribution in [3.8, 4) is 0 Å². The van der Waals surface area contributed by atoms with Gasteiger partial charge in [0.25, 0.3) is 0 Å². The van der Waals surface area contributed by atoms with Gasteiger partial charge in [0.2, 0.25) is 0 Å². The quantitative estimate of drug-likeness (QED) is 0.725. The molecule has 1 aliphatic carbocycles. The van der Waals surface area contributed by atoms with Crippen molar-refractivity contribution in [1.29, 1.82) is 0 Å². The highest BCUT2D eigenvalue weighted by Gasteiger charge is 2.30. The molecule has 0 aliphatic heterocycles. The molecule has 1 rings (SSSR count). The van der Waals surface area contributed by atoms with E-state index < -0.39 is 5.97 Å². The highest BCUT2D eigenvalue weighted by Crippen LogP contribution is 2.28. The van der Waals surface area contributed by atoms with E-state index in [2.05, 4.69) is 0 Å². The number of hydrogen-bond donors (Lipinski definition) is 1. The van der Waals surface area contributed by atoms with Crippen LogP contribution < -0.4 is 0 Å². The first-order chi connectivity index (χ1) is 6.13. The molecule has 0 spiro atoms. The van der Waals surface area contributed by atoms with E-state index in [-0.39, 0.29) is 6.04 Å². The van der Waals surface area contributed by atoms with Gasteiger partial charge in [-0.05, 0) is 32.9 Å². The van der Waals surface area contributed by atoms with Crippen molar-refractivity contribution in [2.24, 2.45) is 5.92 Å². The van der Waals surface area contributed by atoms with Crippen LogP contribution in [0.1, 0.15) is 32.1 Å². The van der Waals surface area contributed by atoms with E-state index in [0.29, 0.717) is 5.92 Å². The number of hydrogen-bond acceptors (Lipinski definition) is 2. The standard InChI is InChI=1S/C10H19NO2/c1-11(2)9(10(12)13)8-6-4-3-5-7-8/h8-9H,3-7H2,1-2H3,(H,12,13)/t9-/m1/s1. The number of likely N-dealkylation sites (N-methyl/N-ethyl adjacent to an activating group) is 1. The van der Waals surface area contributed by atoms with E-state index in [0.717, 1.165) is 12.8 Å². The lowest BCUT2D eigenvalue weighted by molar-refractivity contribution is -0.144. The number of rotatable bonds is 3. The van der Waals surface area contributed by atoms with Gasteiger partial charge in [-0.25, -0.2) is 0 Å². The Morgan fingerprint density at radius 3 is 2.23 bits per heavy atom. The van der Waals surface area contributed by atoms with E-state index in [4.69, 9.17) is 5.11 Å². The van der Waals surface area contributed by atoms with Crippen LogP contribution in [0.5, 0.6) is 0 Å². The van der Waals surface area contributed by atoms with Gasteiger partial charge in [0, 0.05) is 0 Å². The molecule has 1 saturated carbocycles. The average Bonchev–Trinajstić information content (AvgIpc) is 2.04. The topological polar surface area (TPSA) is 40.5 Å². The highest BCUT2D eigenvalue weighted by atomic mass is 16.4. The van der Waals surface area contributed by atoms with Crippen LogP contribution in [0.4, 0.5) is 0 Å². The molecule has 0 amide bonds. The molecule has 0 aromatic heterocycles. The number of nitrogens with zero attached hydrogens (tertiary/aromatic N) is 1. The molecule has 3 heteroatoms. The van der Waals surface area contributed by atoms with Crippen LogP contribution in [0.25, 0.3) is 0 Å². The highest BCUT2D eigenvalue weighted by molar-refractivity contribution is 5.73. The Balaban J connectivity index is 2.57. The second kappa shape index (κ2) is 4.61. The summed E-state index contributed by atoms with van der Waals surface area (Å²) in [5.41, 5.74) is 0. The SMILES string of the molecule is CN(C)[C@@H](C(=O)O)C1CCCCC1. The molecular weight excluding hydrogens is 166 g/mol. The molecule has 0 bridgehead atoms. The molecule has 13 heavy (non-hydrogen) atoms. The van der Waals surface area contributed by atoms with Crippen LogP contribution in [0.15, 0.2) is 0 Å². The molecule has 0 heterocycles. The van der Waals surface area contributed by atoms with Gasteiger partial charge < -0.3 is 5.11 Å². The van der Waals surface area contributed by atoms with E-state index in [1.165, 1.54) is 19.3 Å². The molecule has 0 aromatic carbocycles. The molecule has 1 fully saturated rings. The van der Waals surface area contributed by atoms with Crippen LogP contribution in [0, 0.1) is 5.92 Å². The Hall–Kier alpha value is -0.570. The third-order valence-electron chi connectivity index (χ3n) is 2.91. The number of carboxylic acids is 1. The first kappa shape index (κ1) is 10.5. The molecular formula is C10H19NO2. The van der Waals surface area contributed by atoms with Gasteiger partial charge in [0.1, 0.15) is 6.04 Å². The molecule has 0 saturated heterocycles. The summed E-state index contributed by atoms with van der Waals surface area (Å²) in [7, 11) is 3.71. The Labute approximate surface area is 79.7 Å². The molecule has 1 N–H and O–H groups in total. The van der Waals surface area contributed by atoms with Gasteiger partial charge in [-0.2, -0.15) is 0 Å². The number of aliphatic carboxylic acids is 1. The fourth-order valence-corrected chi connectivity index (χ4v) is 2.29. The predicted octanol–water partition coefficient (Wildman–Crippen LogP) is 1.58. The third kappa shape index (κ3) is 2.69. The molecule has 1 atom stereocenters. The second-order valence-electron chi connectivity index (χ2n) is 4.14. The zero-order valence-electron chi connectivity index (χ0n) is 8.49. The maximum absolute atomic E-state index is 11.0. The summed E-state index contributed by atoms with van der Waals surface area (Å²) in [4.78, 5) is 12.8. The summed E-state index contributed by atoms with van der Waals surface area (Å²) in [6.07, 6.45) is 5.82. The second-order valence-corrected chi connectivity index (χ2v) is 4.14. The zero-order valence-corrected chi connectivity index (χ0v) is 8.49. The molecule has 0 unspecified atom stereocenters. The van der Waals surface area contributed by atoms with E-state index >= 15 is 0 Å². The first-order valence-electron chi connectivity index (χ1n) is 5.02. The van der Waals surface area contributed by atoms with Gasteiger partial charge in [-0.1, -0.05) is 19.3 Å². The van der Waals surface area contributed by atoms with Gasteiger partial charge in [-0.3, -0.25) is 9.69 Å². The maximum Gasteiger partial charge on any atom is 0.321 e. The van der Waals surface area contributed by atoms with Crippen LogP contribution in [-0.2, 0) is 4.79 Å². The van der Waals surface area contributed by atoms with Gasteiger partial charge in [0.05, 0.1) is 0 Å². The van der Waals surface area contributed by atoms with Crippen molar-refractivity contribution >= 4 is 5.97 Å². The van der Waals surface area contributed by atoms with Crippen molar-refractivity contribution in [3.63, 3.8) is 0 Å². The summed E-state index contributed by atoms with van der Waals surface area (Å²) in [5, 5.41) is 9.05. The van der Waals surface area contributed by atoms with Crippen LogP contribution in [0.2, 0.25) is 0 Å². The minimum atomic E-state index is -0.670. The molecule has 0 radical (unpaired) electrons. The van der Waals surface area contributed by atoms with Crippen molar-refractivity contribution in [2.75, 3.05) is 14.1 Å². The lowest BCUT2D eigenvalue weighted by Gasteiger charge is -2.31. The molecule has 0 aromatic rings. The Bertz CT molecular complexity index is 174. The van der Waals surface area contributed by atoms with E-state index in [1.807, 2.05) is 19.0 Å². The molecule has 3 nitrogen and oxygen atoms in total. The van der Waals surface area contributed by atoms with E-state index in [9.17, 15) is 4.79 Å². The average molecular weight is 185 g/mol. The van der Waals surface area contributed by atoms with Crippen LogP contribution >= 0.6 is 0 Å². The maximum atomic E-state index is 11.0. The Morgan fingerprint density at radius 1 is 1.31 bits per heavy atom. The molecule has 1 aliphatic rings. The lowest BCUT2D eigenvalue weighted by Crippen LogP contribution is -2.42. The largest absolute Gasteiger partial charge is 0.480 e. The third-order valence-corrected chi connectivity index (χ3v) is 2.91. The van der Waals surface area contributed by atoms with Gasteiger partial charge in [0.15, 0.2) is 0 Å². The van der Waals surface area contributed by atoms with Gasteiger partial charge in [-0.15, -0.1) is 0 Å². The van der Waals surface area contributed by atoms with Crippen LogP contribution in [0.3, 0.4) is 0 Å². The summed E-state index contributed by atoms with van der Waals surface area (Å²) in [6.45, 7) is 0. The van der Waals surface area contributed by atoms with E-state index in [1.54, 1.807) is 0 Å². The van der Waals surface area contributed by atoms with Crippen molar-refractivity contribution < 1.29 is 9.90 Å². The zero-order chi connectivity index (χ0) is 9.84. The summed E-state index contributed by atoms with van der Waals surface area (Å²) in [6, 6.07) is -0.278. The minimum absolute atomic E-state index is 0.278. The van der Waals surface area contributed by atoms with Gasteiger partial charge >= 0.3 is 5.97 Å². The Kier molecular flexibility index (Phi) is 3.72. The monoisotopic (exact) mass is 185 g/mol.